The minimum absolute atomic E-state index is 0.204. The second-order valence-electron chi connectivity index (χ2n) is 8.00. The largest absolute Gasteiger partial charge is 0.497 e. The zero-order valence-corrected chi connectivity index (χ0v) is 17.9. The molecule has 1 heterocycles. The fourth-order valence-corrected chi connectivity index (χ4v) is 3.97. The number of urea groups is 1. The lowest BCUT2D eigenvalue weighted by Crippen LogP contribution is -2.52. The maximum atomic E-state index is 12.2. The Kier molecular flexibility index (Phi) is 8.77. The molecule has 166 valence electrons. The molecule has 1 saturated carbocycles. The van der Waals surface area contributed by atoms with Crippen molar-refractivity contribution in [1.82, 2.24) is 20.4 Å². The van der Waals surface area contributed by atoms with E-state index in [2.05, 4.69) is 20.4 Å². The van der Waals surface area contributed by atoms with Crippen LogP contribution in [0.5, 0.6) is 11.5 Å². The van der Waals surface area contributed by atoms with E-state index >= 15 is 0 Å². The van der Waals surface area contributed by atoms with E-state index in [-0.39, 0.29) is 24.5 Å². The molecule has 0 bridgehead atoms. The van der Waals surface area contributed by atoms with Crippen LogP contribution >= 0.6 is 0 Å². The van der Waals surface area contributed by atoms with Gasteiger partial charge in [0.15, 0.2) is 0 Å². The van der Waals surface area contributed by atoms with E-state index in [0.29, 0.717) is 6.61 Å². The van der Waals surface area contributed by atoms with Crippen molar-refractivity contribution in [3.05, 3.63) is 24.3 Å². The lowest BCUT2D eigenvalue weighted by Gasteiger charge is -2.34. The van der Waals surface area contributed by atoms with Crippen molar-refractivity contribution in [3.8, 4) is 11.5 Å². The zero-order chi connectivity index (χ0) is 21.2. The molecule has 1 aliphatic carbocycles. The molecule has 0 spiro atoms. The summed E-state index contributed by atoms with van der Waals surface area (Å²) in [6, 6.07) is 7.42. The highest BCUT2D eigenvalue weighted by molar-refractivity contribution is 5.95. The molecule has 2 fully saturated rings. The van der Waals surface area contributed by atoms with Gasteiger partial charge in [0.1, 0.15) is 18.1 Å². The smallest absolute Gasteiger partial charge is 0.321 e. The predicted octanol–water partition coefficient (Wildman–Crippen LogP) is 1.85. The van der Waals surface area contributed by atoms with Gasteiger partial charge in [-0.3, -0.25) is 19.9 Å². The van der Waals surface area contributed by atoms with E-state index in [1.54, 1.807) is 7.11 Å². The van der Waals surface area contributed by atoms with E-state index in [1.807, 2.05) is 24.3 Å². The molecule has 8 nitrogen and oxygen atoms in total. The minimum atomic E-state index is -0.360. The quantitative estimate of drug-likeness (QED) is 0.671. The van der Waals surface area contributed by atoms with E-state index in [1.165, 1.54) is 6.42 Å². The number of nitrogens with zero attached hydrogens (tertiary/aromatic N) is 2. The molecule has 8 heteroatoms. The van der Waals surface area contributed by atoms with E-state index in [9.17, 15) is 9.59 Å². The van der Waals surface area contributed by atoms with Crippen molar-refractivity contribution in [1.29, 1.82) is 0 Å². The molecule has 0 unspecified atom stereocenters. The first-order valence-corrected chi connectivity index (χ1v) is 10.9. The monoisotopic (exact) mass is 418 g/mol. The summed E-state index contributed by atoms with van der Waals surface area (Å²) in [5, 5.41) is 5.39. The summed E-state index contributed by atoms with van der Waals surface area (Å²) in [6.07, 6.45) is 5.54. The highest BCUT2D eigenvalue weighted by Crippen LogP contribution is 2.18. The van der Waals surface area contributed by atoms with Gasteiger partial charge in [-0.1, -0.05) is 19.3 Å². The van der Waals surface area contributed by atoms with Crippen LogP contribution < -0.4 is 20.1 Å². The highest BCUT2D eigenvalue weighted by atomic mass is 16.5. The van der Waals surface area contributed by atoms with Crippen LogP contribution in [0, 0.1) is 0 Å². The number of hydrogen-bond donors (Lipinski definition) is 2. The molecule has 2 aliphatic rings. The average Bonchev–Trinajstić information content (AvgIpc) is 2.76. The minimum Gasteiger partial charge on any atom is -0.497 e. The van der Waals surface area contributed by atoms with Crippen LogP contribution in [0.15, 0.2) is 24.3 Å². The Bertz CT molecular complexity index is 668. The number of carbonyl (C=O) groups excluding carboxylic acids is 2. The van der Waals surface area contributed by atoms with Gasteiger partial charge in [0.25, 0.3) is 0 Å². The number of benzene rings is 1. The maximum absolute atomic E-state index is 12.2. The van der Waals surface area contributed by atoms with Crippen molar-refractivity contribution in [3.63, 3.8) is 0 Å². The Morgan fingerprint density at radius 2 is 1.60 bits per heavy atom. The molecule has 0 radical (unpaired) electrons. The summed E-state index contributed by atoms with van der Waals surface area (Å²) in [5.74, 6) is 1.41. The summed E-state index contributed by atoms with van der Waals surface area (Å²) in [5.41, 5.74) is 0. The third kappa shape index (κ3) is 7.50. The van der Waals surface area contributed by atoms with Crippen molar-refractivity contribution in [2.24, 2.45) is 0 Å². The van der Waals surface area contributed by atoms with E-state index in [0.717, 1.165) is 69.9 Å². The van der Waals surface area contributed by atoms with Gasteiger partial charge in [-0.25, -0.2) is 4.79 Å². The average molecular weight is 419 g/mol. The lowest BCUT2D eigenvalue weighted by atomic mass is 9.96. The van der Waals surface area contributed by atoms with Crippen molar-refractivity contribution in [2.75, 3.05) is 53.0 Å². The summed E-state index contributed by atoms with van der Waals surface area (Å²) in [7, 11) is 1.64. The van der Waals surface area contributed by atoms with Gasteiger partial charge in [0.05, 0.1) is 13.7 Å². The number of carbonyl (C=O) groups is 2. The van der Waals surface area contributed by atoms with Crippen LogP contribution in [0.3, 0.4) is 0 Å². The van der Waals surface area contributed by atoms with Gasteiger partial charge >= 0.3 is 6.03 Å². The Balaban J connectivity index is 1.27. The molecule has 1 saturated heterocycles. The maximum Gasteiger partial charge on any atom is 0.321 e. The number of piperazine rings is 1. The number of methoxy groups -OCH3 is 1. The topological polar surface area (TPSA) is 83.1 Å². The fraction of sp³-hybridized carbons (Fsp3) is 0.636. The predicted molar refractivity (Wildman–Crippen MR) is 115 cm³/mol. The van der Waals surface area contributed by atoms with Crippen molar-refractivity contribution >= 4 is 11.9 Å². The van der Waals surface area contributed by atoms with Crippen molar-refractivity contribution in [2.45, 2.75) is 38.1 Å². The SMILES string of the molecule is COc1ccc(OCCN2CCN(CC(=O)NC(=O)NC3CCCCC3)CC2)cc1. The van der Waals surface area contributed by atoms with E-state index < -0.39 is 0 Å². The number of nitrogens with one attached hydrogen (secondary N) is 2. The second-order valence-corrected chi connectivity index (χ2v) is 8.00. The molecule has 3 amide bonds. The van der Waals surface area contributed by atoms with Crippen LogP contribution in [0.2, 0.25) is 0 Å². The van der Waals surface area contributed by atoms with Crippen LogP contribution in [0.4, 0.5) is 4.79 Å². The molecule has 1 aromatic rings. The number of rotatable bonds is 8. The Morgan fingerprint density at radius 3 is 2.27 bits per heavy atom. The number of ether oxygens (including phenoxy) is 2. The standard InChI is InChI=1S/C22H34N4O4/c1-29-19-7-9-20(10-8-19)30-16-15-25-11-13-26(14-12-25)17-21(27)24-22(28)23-18-5-3-2-4-6-18/h7-10,18H,2-6,11-17H2,1H3,(H2,23,24,27,28). The third-order valence-electron chi connectivity index (χ3n) is 5.76. The van der Waals surface area contributed by atoms with Crippen LogP contribution in [-0.2, 0) is 4.79 Å². The van der Waals surface area contributed by atoms with Gasteiger partial charge in [0.2, 0.25) is 5.91 Å². The Hall–Kier alpha value is -2.32. The van der Waals surface area contributed by atoms with E-state index in [4.69, 9.17) is 9.47 Å². The first-order chi connectivity index (χ1) is 14.6. The van der Waals surface area contributed by atoms with Gasteiger partial charge in [-0.2, -0.15) is 0 Å². The van der Waals surface area contributed by atoms with Gasteiger partial charge in [-0.05, 0) is 37.1 Å². The lowest BCUT2D eigenvalue weighted by molar-refractivity contribution is -0.121. The van der Waals surface area contributed by atoms with Gasteiger partial charge < -0.3 is 14.8 Å². The van der Waals surface area contributed by atoms with Crippen molar-refractivity contribution < 1.29 is 19.1 Å². The molecular weight excluding hydrogens is 384 g/mol. The molecule has 3 rings (SSSR count). The molecule has 30 heavy (non-hydrogen) atoms. The molecule has 1 aromatic carbocycles. The summed E-state index contributed by atoms with van der Waals surface area (Å²) in [4.78, 5) is 28.6. The van der Waals surface area contributed by atoms with Gasteiger partial charge in [0, 0.05) is 38.8 Å². The molecule has 1 aliphatic heterocycles. The number of amides is 3. The zero-order valence-electron chi connectivity index (χ0n) is 17.9. The Labute approximate surface area is 178 Å². The highest BCUT2D eigenvalue weighted by Gasteiger charge is 2.21. The summed E-state index contributed by atoms with van der Waals surface area (Å²) < 4.78 is 10.9. The molecule has 0 aromatic heterocycles. The molecular formula is C22H34N4O4. The number of imide groups is 1. The van der Waals surface area contributed by atoms with Gasteiger partial charge in [-0.15, -0.1) is 0 Å². The summed E-state index contributed by atoms with van der Waals surface area (Å²) in [6.45, 7) is 5.10. The molecule has 0 atom stereocenters. The van der Waals surface area contributed by atoms with Crippen LogP contribution in [-0.4, -0.2) is 80.8 Å². The van der Waals surface area contributed by atoms with Crippen LogP contribution in [0.25, 0.3) is 0 Å². The second kappa shape index (κ2) is 11.8. The fourth-order valence-electron chi connectivity index (χ4n) is 3.97. The normalized spacial score (nSPS) is 18.6. The Morgan fingerprint density at radius 1 is 0.967 bits per heavy atom. The van der Waals surface area contributed by atoms with Crippen LogP contribution in [0.1, 0.15) is 32.1 Å². The third-order valence-corrected chi connectivity index (χ3v) is 5.76. The molecule has 2 N–H and O–H groups in total. The summed E-state index contributed by atoms with van der Waals surface area (Å²) >= 11 is 0. The number of hydrogen-bond acceptors (Lipinski definition) is 6. The first-order valence-electron chi connectivity index (χ1n) is 10.9. The first kappa shape index (κ1) is 22.4.